The van der Waals surface area contributed by atoms with Crippen LogP contribution >= 0.6 is 0 Å². The van der Waals surface area contributed by atoms with Crippen molar-refractivity contribution in [2.45, 2.75) is 6.92 Å². The van der Waals surface area contributed by atoms with E-state index in [-0.39, 0.29) is 11.8 Å². The van der Waals surface area contributed by atoms with Gasteiger partial charge in [0.05, 0.1) is 5.92 Å². The van der Waals surface area contributed by atoms with Crippen LogP contribution in [-0.2, 0) is 4.79 Å². The predicted octanol–water partition coefficient (Wildman–Crippen LogP) is 0.266. The normalized spacial score (nSPS) is 28.1. The van der Waals surface area contributed by atoms with Crippen LogP contribution in [0.1, 0.15) is 6.92 Å². The van der Waals surface area contributed by atoms with Crippen LogP contribution in [0.2, 0.25) is 0 Å². The Labute approximate surface area is 42.2 Å². The molecular weight excluding hydrogens is 90.1 g/mol. The Balaban J connectivity index is 2.62. The van der Waals surface area contributed by atoms with Crippen molar-refractivity contribution >= 4 is 5.91 Å². The van der Waals surface area contributed by atoms with Gasteiger partial charge < -0.3 is 5.32 Å². The van der Waals surface area contributed by atoms with Crippen molar-refractivity contribution in [1.82, 2.24) is 5.32 Å². The van der Waals surface area contributed by atoms with E-state index >= 15 is 0 Å². The van der Waals surface area contributed by atoms with Crippen molar-refractivity contribution < 1.29 is 4.79 Å². The van der Waals surface area contributed by atoms with Crippen LogP contribution < -0.4 is 5.32 Å². The highest BCUT2D eigenvalue weighted by Gasteiger charge is 2.11. The summed E-state index contributed by atoms with van der Waals surface area (Å²) < 4.78 is 0. The first-order valence-corrected chi connectivity index (χ1v) is 2.28. The molecule has 2 nitrogen and oxygen atoms in total. The largest absolute Gasteiger partial charge is 0.332 e. The number of rotatable bonds is 0. The van der Waals surface area contributed by atoms with Crippen molar-refractivity contribution in [2.24, 2.45) is 5.92 Å². The second kappa shape index (κ2) is 1.37. The van der Waals surface area contributed by atoms with Crippen LogP contribution in [0.4, 0.5) is 0 Å². The van der Waals surface area contributed by atoms with E-state index in [1.807, 2.05) is 13.0 Å². The smallest absolute Gasteiger partial charge is 0.230 e. The third-order valence-corrected chi connectivity index (χ3v) is 1.02. The fraction of sp³-hybridized carbons (Fsp3) is 0.400. The fourth-order valence-electron chi connectivity index (χ4n) is 0.493. The van der Waals surface area contributed by atoms with Crippen molar-refractivity contribution in [3.05, 3.63) is 12.3 Å². The number of carbonyl (C=O) groups excluding carboxylic acids is 1. The Kier molecular flexibility index (Phi) is 0.855. The third-order valence-electron chi connectivity index (χ3n) is 1.02. The van der Waals surface area contributed by atoms with E-state index in [4.69, 9.17) is 0 Å². The zero-order valence-electron chi connectivity index (χ0n) is 4.14. The fourth-order valence-corrected chi connectivity index (χ4v) is 0.493. The van der Waals surface area contributed by atoms with Gasteiger partial charge in [0.1, 0.15) is 0 Å². The predicted molar refractivity (Wildman–Crippen MR) is 26.4 cm³/mol. The molecular formula is C5H7NO. The lowest BCUT2D eigenvalue weighted by atomic mass is 10.2. The maximum Gasteiger partial charge on any atom is 0.230 e. The molecule has 38 valence electrons. The molecule has 1 aliphatic heterocycles. The van der Waals surface area contributed by atoms with E-state index in [2.05, 4.69) is 5.32 Å². The molecule has 7 heavy (non-hydrogen) atoms. The van der Waals surface area contributed by atoms with E-state index < -0.39 is 0 Å². The van der Waals surface area contributed by atoms with Gasteiger partial charge in [-0.25, -0.2) is 0 Å². The summed E-state index contributed by atoms with van der Waals surface area (Å²) in [6, 6.07) is 0. The van der Waals surface area contributed by atoms with E-state index in [1.165, 1.54) is 0 Å². The summed E-state index contributed by atoms with van der Waals surface area (Å²) in [7, 11) is 0. The first-order chi connectivity index (χ1) is 3.30. The van der Waals surface area contributed by atoms with Crippen molar-refractivity contribution in [1.29, 1.82) is 0 Å². The first-order valence-electron chi connectivity index (χ1n) is 2.28. The lowest BCUT2D eigenvalue weighted by Crippen LogP contribution is -2.15. The molecule has 0 saturated heterocycles. The standard InChI is InChI=1S/C5H7NO/c1-4-2-3-6-5(4)7/h2-4H,1H3,(H,6,7)/t4-/m0/s1. The molecule has 0 saturated carbocycles. The molecule has 0 radical (unpaired) electrons. The van der Waals surface area contributed by atoms with E-state index in [1.54, 1.807) is 6.20 Å². The second-order valence-electron chi connectivity index (χ2n) is 1.66. The van der Waals surface area contributed by atoms with Gasteiger partial charge in [-0.1, -0.05) is 13.0 Å². The Hall–Kier alpha value is -0.790. The molecule has 0 aromatic carbocycles. The van der Waals surface area contributed by atoms with Crippen LogP contribution in [0.15, 0.2) is 12.3 Å². The molecule has 1 rings (SSSR count). The zero-order chi connectivity index (χ0) is 5.28. The van der Waals surface area contributed by atoms with Gasteiger partial charge in [0, 0.05) is 6.20 Å². The van der Waals surface area contributed by atoms with E-state index in [0.717, 1.165) is 0 Å². The molecule has 0 unspecified atom stereocenters. The Bertz CT molecular complexity index is 117. The molecule has 1 N–H and O–H groups in total. The minimum Gasteiger partial charge on any atom is -0.332 e. The highest BCUT2D eigenvalue weighted by atomic mass is 16.1. The Morgan fingerprint density at radius 2 is 2.57 bits per heavy atom. The molecule has 1 atom stereocenters. The van der Waals surface area contributed by atoms with Crippen LogP contribution in [0.3, 0.4) is 0 Å². The molecule has 1 amide bonds. The summed E-state index contributed by atoms with van der Waals surface area (Å²) in [5.41, 5.74) is 0. The quantitative estimate of drug-likeness (QED) is 0.461. The summed E-state index contributed by atoms with van der Waals surface area (Å²) in [6.07, 6.45) is 3.51. The highest BCUT2D eigenvalue weighted by Crippen LogP contribution is 2.00. The first kappa shape index (κ1) is 4.37. The van der Waals surface area contributed by atoms with Crippen LogP contribution in [0.5, 0.6) is 0 Å². The van der Waals surface area contributed by atoms with Gasteiger partial charge in [-0.2, -0.15) is 0 Å². The lowest BCUT2D eigenvalue weighted by molar-refractivity contribution is -0.121. The molecule has 0 aromatic rings. The van der Waals surface area contributed by atoms with Gasteiger partial charge in [-0.15, -0.1) is 0 Å². The van der Waals surface area contributed by atoms with Gasteiger partial charge in [0.25, 0.3) is 0 Å². The maximum absolute atomic E-state index is 10.4. The average molecular weight is 97.1 g/mol. The monoisotopic (exact) mass is 97.1 g/mol. The van der Waals surface area contributed by atoms with Gasteiger partial charge in [0.15, 0.2) is 0 Å². The van der Waals surface area contributed by atoms with Crippen molar-refractivity contribution in [3.8, 4) is 0 Å². The molecule has 1 heterocycles. The number of nitrogens with one attached hydrogen (secondary N) is 1. The SMILES string of the molecule is C[C@H]1C=CNC1=O. The van der Waals surface area contributed by atoms with E-state index in [9.17, 15) is 4.79 Å². The zero-order valence-corrected chi connectivity index (χ0v) is 4.14. The van der Waals surface area contributed by atoms with Crippen LogP contribution in [0.25, 0.3) is 0 Å². The summed E-state index contributed by atoms with van der Waals surface area (Å²) in [4.78, 5) is 10.4. The Morgan fingerprint density at radius 3 is 2.71 bits per heavy atom. The number of amides is 1. The van der Waals surface area contributed by atoms with Gasteiger partial charge in [0.2, 0.25) is 5.91 Å². The topological polar surface area (TPSA) is 29.1 Å². The van der Waals surface area contributed by atoms with Gasteiger partial charge in [-0.3, -0.25) is 4.79 Å². The van der Waals surface area contributed by atoms with Gasteiger partial charge >= 0.3 is 0 Å². The number of carbonyl (C=O) groups is 1. The molecule has 2 heteroatoms. The molecule has 0 aromatic heterocycles. The van der Waals surface area contributed by atoms with Crippen molar-refractivity contribution in [3.63, 3.8) is 0 Å². The lowest BCUT2D eigenvalue weighted by Gasteiger charge is -1.90. The number of hydrogen-bond donors (Lipinski definition) is 1. The molecule has 0 aliphatic carbocycles. The average Bonchev–Trinajstić information content (AvgIpc) is 1.91. The van der Waals surface area contributed by atoms with Crippen LogP contribution in [0, 0.1) is 5.92 Å². The van der Waals surface area contributed by atoms with Gasteiger partial charge in [-0.05, 0) is 0 Å². The molecule has 1 aliphatic rings. The Morgan fingerprint density at radius 1 is 1.86 bits per heavy atom. The minimum atomic E-state index is 0.0833. The summed E-state index contributed by atoms with van der Waals surface area (Å²) in [5.74, 6) is 0.181. The number of hydrogen-bond acceptors (Lipinski definition) is 1. The molecule has 0 bridgehead atoms. The minimum absolute atomic E-state index is 0.0833. The summed E-state index contributed by atoms with van der Waals surface area (Å²) in [5, 5.41) is 2.55. The summed E-state index contributed by atoms with van der Waals surface area (Å²) >= 11 is 0. The second-order valence-corrected chi connectivity index (χ2v) is 1.66. The third kappa shape index (κ3) is 0.633. The van der Waals surface area contributed by atoms with Crippen LogP contribution in [-0.4, -0.2) is 5.91 Å². The van der Waals surface area contributed by atoms with Crippen molar-refractivity contribution in [2.75, 3.05) is 0 Å². The molecule has 0 spiro atoms. The van der Waals surface area contributed by atoms with E-state index in [0.29, 0.717) is 0 Å². The summed E-state index contributed by atoms with van der Waals surface area (Å²) in [6.45, 7) is 1.86. The highest BCUT2D eigenvalue weighted by molar-refractivity contribution is 5.83. The maximum atomic E-state index is 10.4. The molecule has 0 fully saturated rings.